The average molecular weight is 231 g/mol. The predicted octanol–water partition coefficient (Wildman–Crippen LogP) is 1.81. The molecule has 0 aromatic rings. The number of carbonyl (C=O) groups excluding carboxylic acids is 1. The molecule has 0 heterocycles. The van der Waals surface area contributed by atoms with E-state index in [4.69, 9.17) is 4.74 Å². The largest absolute Gasteiger partial charge is 0.375 e. The Bertz CT molecular complexity index is 203. The van der Waals surface area contributed by atoms with Crippen molar-refractivity contribution in [3.05, 3.63) is 0 Å². The number of hydrogen-bond donors (Lipinski definition) is 1. The van der Waals surface area contributed by atoms with Gasteiger partial charge in [0.2, 0.25) is 5.91 Å². The zero-order valence-corrected chi connectivity index (χ0v) is 10.5. The van der Waals surface area contributed by atoms with Gasteiger partial charge < -0.3 is 10.1 Å². The fraction of sp³-hybridized carbons (Fsp3) is 0.909. The van der Waals surface area contributed by atoms with E-state index in [1.54, 1.807) is 7.11 Å². The predicted molar refractivity (Wildman–Crippen MR) is 64.2 cm³/mol. The molecule has 0 spiro atoms. The molecule has 1 aliphatic carbocycles. The third-order valence-corrected chi connectivity index (χ3v) is 4.50. The summed E-state index contributed by atoms with van der Waals surface area (Å²) in [6.07, 6.45) is 8.52. The second-order valence-electron chi connectivity index (χ2n) is 4.16. The van der Waals surface area contributed by atoms with Crippen molar-refractivity contribution in [3.8, 4) is 0 Å². The van der Waals surface area contributed by atoms with Crippen LogP contribution in [0.15, 0.2) is 0 Å². The number of carbonyl (C=O) groups is 1. The van der Waals surface area contributed by atoms with E-state index in [0.29, 0.717) is 0 Å². The number of amides is 1. The van der Waals surface area contributed by atoms with Crippen LogP contribution in [0.5, 0.6) is 0 Å². The molecule has 4 heteroatoms. The number of methoxy groups -OCH3 is 1. The fourth-order valence-corrected chi connectivity index (χ4v) is 3.00. The molecule has 0 unspecified atom stereocenters. The quantitative estimate of drug-likeness (QED) is 0.784. The molecular weight excluding hydrogens is 210 g/mol. The van der Waals surface area contributed by atoms with Gasteiger partial charge in [0, 0.05) is 18.4 Å². The van der Waals surface area contributed by atoms with E-state index in [1.807, 2.05) is 11.8 Å². The molecule has 0 aromatic heterocycles. The second kappa shape index (κ2) is 6.38. The summed E-state index contributed by atoms with van der Waals surface area (Å²) in [4.78, 5) is 11.3. The van der Waals surface area contributed by atoms with Gasteiger partial charge in [-0.1, -0.05) is 19.3 Å². The molecule has 1 rings (SSSR count). The lowest BCUT2D eigenvalue weighted by molar-refractivity contribution is -0.124. The Morgan fingerprint density at radius 3 is 2.60 bits per heavy atom. The van der Waals surface area contributed by atoms with Gasteiger partial charge in [0.15, 0.2) is 0 Å². The summed E-state index contributed by atoms with van der Waals surface area (Å²) in [7, 11) is 1.55. The molecule has 0 aliphatic heterocycles. The van der Waals surface area contributed by atoms with Crippen LogP contribution in [0.1, 0.15) is 32.1 Å². The third-order valence-electron chi connectivity index (χ3n) is 3.08. The molecule has 1 amide bonds. The number of thioether (sulfide) groups is 1. The maximum absolute atomic E-state index is 11.3. The average Bonchev–Trinajstić information content (AvgIpc) is 2.28. The Labute approximate surface area is 96.3 Å². The smallest absolute Gasteiger partial charge is 0.246 e. The van der Waals surface area contributed by atoms with E-state index < -0.39 is 0 Å². The standard InChI is InChI=1S/C11H21NO2S/c1-14-8-10(13)12-9-11(15-2)6-4-3-5-7-11/h3-9H2,1-2H3,(H,12,13). The van der Waals surface area contributed by atoms with Gasteiger partial charge in [-0.25, -0.2) is 0 Å². The minimum absolute atomic E-state index is 0.00324. The molecule has 0 atom stereocenters. The van der Waals surface area contributed by atoms with Crippen LogP contribution in [0, 0.1) is 0 Å². The van der Waals surface area contributed by atoms with Crippen LogP contribution in [0.25, 0.3) is 0 Å². The van der Waals surface area contributed by atoms with Gasteiger partial charge in [0.05, 0.1) is 0 Å². The van der Waals surface area contributed by atoms with Crippen molar-refractivity contribution in [1.29, 1.82) is 0 Å². The van der Waals surface area contributed by atoms with Crippen LogP contribution in [-0.2, 0) is 9.53 Å². The monoisotopic (exact) mass is 231 g/mol. The molecule has 0 radical (unpaired) electrons. The van der Waals surface area contributed by atoms with E-state index in [2.05, 4.69) is 11.6 Å². The summed E-state index contributed by atoms with van der Waals surface area (Å²) >= 11 is 1.90. The van der Waals surface area contributed by atoms with Crippen molar-refractivity contribution in [2.75, 3.05) is 26.5 Å². The van der Waals surface area contributed by atoms with Crippen LogP contribution in [0.2, 0.25) is 0 Å². The SMILES string of the molecule is COCC(=O)NCC1(SC)CCCCC1. The number of hydrogen-bond acceptors (Lipinski definition) is 3. The summed E-state index contributed by atoms with van der Waals surface area (Å²) in [5.41, 5.74) is 0. The van der Waals surface area contributed by atoms with Crippen molar-refractivity contribution >= 4 is 17.7 Å². The highest BCUT2D eigenvalue weighted by Gasteiger charge is 2.31. The van der Waals surface area contributed by atoms with Gasteiger partial charge in [-0.15, -0.1) is 0 Å². The minimum atomic E-state index is -0.00324. The zero-order valence-electron chi connectivity index (χ0n) is 9.67. The van der Waals surface area contributed by atoms with E-state index in [1.165, 1.54) is 32.1 Å². The Hall–Kier alpha value is -0.220. The Balaban J connectivity index is 2.35. The van der Waals surface area contributed by atoms with Gasteiger partial charge in [-0.3, -0.25) is 4.79 Å². The van der Waals surface area contributed by atoms with Crippen LogP contribution < -0.4 is 5.32 Å². The van der Waals surface area contributed by atoms with Gasteiger partial charge in [0.25, 0.3) is 0 Å². The maximum atomic E-state index is 11.3. The van der Waals surface area contributed by atoms with Crippen molar-refractivity contribution < 1.29 is 9.53 Å². The van der Waals surface area contributed by atoms with E-state index in [0.717, 1.165) is 6.54 Å². The maximum Gasteiger partial charge on any atom is 0.246 e. The summed E-state index contributed by atoms with van der Waals surface area (Å²) in [5.74, 6) is -0.00324. The van der Waals surface area contributed by atoms with Crippen LogP contribution in [-0.4, -0.2) is 37.2 Å². The summed E-state index contributed by atoms with van der Waals surface area (Å²) in [5, 5.41) is 2.96. The number of nitrogens with one attached hydrogen (secondary N) is 1. The lowest BCUT2D eigenvalue weighted by Crippen LogP contribution is -2.42. The van der Waals surface area contributed by atoms with Gasteiger partial charge in [-0.2, -0.15) is 11.8 Å². The second-order valence-corrected chi connectivity index (χ2v) is 5.43. The van der Waals surface area contributed by atoms with Crippen LogP contribution >= 0.6 is 11.8 Å². The van der Waals surface area contributed by atoms with Crippen molar-refractivity contribution in [2.45, 2.75) is 36.9 Å². The number of rotatable bonds is 5. The van der Waals surface area contributed by atoms with E-state index in [9.17, 15) is 4.79 Å². The first-order chi connectivity index (χ1) is 7.22. The molecule has 0 bridgehead atoms. The molecule has 88 valence electrons. The first-order valence-electron chi connectivity index (χ1n) is 5.53. The molecule has 1 fully saturated rings. The highest BCUT2D eigenvalue weighted by molar-refractivity contribution is 8.00. The highest BCUT2D eigenvalue weighted by atomic mass is 32.2. The molecule has 1 N–H and O–H groups in total. The van der Waals surface area contributed by atoms with Crippen molar-refractivity contribution in [2.24, 2.45) is 0 Å². The summed E-state index contributed by atoms with van der Waals surface area (Å²) in [6, 6.07) is 0. The minimum Gasteiger partial charge on any atom is -0.375 e. The lowest BCUT2D eigenvalue weighted by Gasteiger charge is -2.35. The first kappa shape index (κ1) is 12.8. The molecule has 0 saturated heterocycles. The number of ether oxygens (including phenoxy) is 1. The lowest BCUT2D eigenvalue weighted by atomic mass is 9.88. The fourth-order valence-electron chi connectivity index (χ4n) is 2.09. The van der Waals surface area contributed by atoms with E-state index in [-0.39, 0.29) is 17.3 Å². The van der Waals surface area contributed by atoms with Gasteiger partial charge in [0.1, 0.15) is 6.61 Å². The summed E-state index contributed by atoms with van der Waals surface area (Å²) < 4.78 is 5.07. The van der Waals surface area contributed by atoms with E-state index >= 15 is 0 Å². The van der Waals surface area contributed by atoms with Crippen molar-refractivity contribution in [3.63, 3.8) is 0 Å². The Morgan fingerprint density at radius 2 is 2.07 bits per heavy atom. The van der Waals surface area contributed by atoms with Crippen LogP contribution in [0.3, 0.4) is 0 Å². The Morgan fingerprint density at radius 1 is 1.40 bits per heavy atom. The molecular formula is C11H21NO2S. The molecule has 0 aromatic carbocycles. The molecule has 1 aliphatic rings. The molecule has 1 saturated carbocycles. The summed E-state index contributed by atoms with van der Waals surface area (Å²) in [6.45, 7) is 0.959. The molecule has 15 heavy (non-hydrogen) atoms. The van der Waals surface area contributed by atoms with Gasteiger partial charge >= 0.3 is 0 Å². The Kier molecular flexibility index (Phi) is 5.47. The zero-order chi connectivity index (χ0) is 11.1. The van der Waals surface area contributed by atoms with Gasteiger partial charge in [-0.05, 0) is 19.1 Å². The topological polar surface area (TPSA) is 38.3 Å². The third kappa shape index (κ3) is 4.03. The first-order valence-corrected chi connectivity index (χ1v) is 6.76. The normalized spacial score (nSPS) is 19.9. The van der Waals surface area contributed by atoms with Crippen LogP contribution in [0.4, 0.5) is 0 Å². The highest BCUT2D eigenvalue weighted by Crippen LogP contribution is 2.37. The van der Waals surface area contributed by atoms with Crippen molar-refractivity contribution in [1.82, 2.24) is 5.32 Å². The molecule has 3 nitrogen and oxygen atoms in total.